The second kappa shape index (κ2) is 8.36. The quantitative estimate of drug-likeness (QED) is 0.436. The van der Waals surface area contributed by atoms with Gasteiger partial charge in [-0.2, -0.15) is 0 Å². The van der Waals surface area contributed by atoms with Crippen LogP contribution in [0.5, 0.6) is 11.5 Å². The van der Waals surface area contributed by atoms with Crippen LogP contribution in [0.25, 0.3) is 11.5 Å². The molecule has 0 N–H and O–H groups in total. The molecule has 0 unspecified atom stereocenters. The van der Waals surface area contributed by atoms with Crippen molar-refractivity contribution in [2.45, 2.75) is 6.54 Å². The molecule has 7 heteroatoms. The van der Waals surface area contributed by atoms with Crippen LogP contribution in [0.2, 0.25) is 0 Å². The van der Waals surface area contributed by atoms with E-state index in [4.69, 9.17) is 18.9 Å². The van der Waals surface area contributed by atoms with Gasteiger partial charge in [-0.3, -0.25) is 0 Å². The van der Waals surface area contributed by atoms with E-state index in [0.29, 0.717) is 23.7 Å². The van der Waals surface area contributed by atoms with Crippen LogP contribution in [0.15, 0.2) is 75.7 Å². The zero-order valence-corrected chi connectivity index (χ0v) is 16.8. The second-order valence-corrected chi connectivity index (χ2v) is 7.08. The maximum atomic E-state index is 13.2. The van der Waals surface area contributed by atoms with E-state index in [1.165, 1.54) is 23.5 Å². The van der Waals surface area contributed by atoms with Crippen molar-refractivity contribution in [2.75, 3.05) is 14.2 Å². The highest BCUT2D eigenvalue weighted by atomic mass is 32.1. The van der Waals surface area contributed by atoms with Crippen molar-refractivity contribution in [3.05, 3.63) is 82.4 Å². The summed E-state index contributed by atoms with van der Waals surface area (Å²) in [5.41, 5.74) is 2.62. The van der Waals surface area contributed by atoms with Crippen molar-refractivity contribution < 1.29 is 18.3 Å². The third-order valence-electron chi connectivity index (χ3n) is 4.41. The van der Waals surface area contributed by atoms with Crippen molar-refractivity contribution in [3.8, 4) is 23.0 Å². The highest BCUT2D eigenvalue weighted by molar-refractivity contribution is 7.07. The molecule has 0 aliphatic carbocycles. The first-order valence-corrected chi connectivity index (χ1v) is 9.79. The van der Waals surface area contributed by atoms with Gasteiger partial charge in [-0.05, 0) is 54.1 Å². The molecule has 29 heavy (non-hydrogen) atoms. The average Bonchev–Trinajstić information content (AvgIpc) is 3.40. The number of methoxy groups -OCH3 is 2. The molecule has 0 saturated carbocycles. The van der Waals surface area contributed by atoms with E-state index in [1.54, 1.807) is 32.6 Å². The van der Waals surface area contributed by atoms with Crippen LogP contribution in [-0.2, 0) is 6.54 Å². The van der Waals surface area contributed by atoms with Crippen molar-refractivity contribution in [3.63, 3.8) is 0 Å². The van der Waals surface area contributed by atoms with Crippen molar-refractivity contribution >= 4 is 17.0 Å². The summed E-state index contributed by atoms with van der Waals surface area (Å²) in [6.07, 6.45) is 1.64. The maximum Gasteiger partial charge on any atom is 0.190 e. The molecule has 2 aromatic heterocycles. The Morgan fingerprint density at radius 1 is 1.03 bits per heavy atom. The Balaban J connectivity index is 1.80. The summed E-state index contributed by atoms with van der Waals surface area (Å²) in [6.45, 7) is 0.555. The lowest BCUT2D eigenvalue weighted by Crippen LogP contribution is -2.16. The van der Waals surface area contributed by atoms with Crippen LogP contribution in [0.3, 0.4) is 0 Å². The molecule has 2 heterocycles. The van der Waals surface area contributed by atoms with Gasteiger partial charge in [0.1, 0.15) is 5.82 Å². The fourth-order valence-corrected chi connectivity index (χ4v) is 3.89. The molecule has 0 saturated heterocycles. The van der Waals surface area contributed by atoms with Gasteiger partial charge < -0.3 is 18.5 Å². The lowest BCUT2D eigenvalue weighted by Gasteiger charge is -2.11. The van der Waals surface area contributed by atoms with E-state index in [0.717, 1.165) is 21.8 Å². The summed E-state index contributed by atoms with van der Waals surface area (Å²) in [5, 5.41) is 2.00. The molecule has 0 aliphatic heterocycles. The summed E-state index contributed by atoms with van der Waals surface area (Å²) in [7, 11) is 3.22. The van der Waals surface area contributed by atoms with Gasteiger partial charge in [-0.25, -0.2) is 9.38 Å². The fraction of sp³-hybridized carbons (Fsp3) is 0.136. The molecule has 0 aliphatic rings. The van der Waals surface area contributed by atoms with E-state index < -0.39 is 0 Å². The zero-order chi connectivity index (χ0) is 20.2. The van der Waals surface area contributed by atoms with Crippen LogP contribution in [0.1, 0.15) is 5.56 Å². The molecular formula is C22H19FN2O3S. The average molecular weight is 410 g/mol. The van der Waals surface area contributed by atoms with Crippen LogP contribution in [0.4, 0.5) is 10.1 Å². The number of rotatable bonds is 6. The van der Waals surface area contributed by atoms with Gasteiger partial charge in [0.25, 0.3) is 0 Å². The summed E-state index contributed by atoms with van der Waals surface area (Å²) in [5.74, 6) is 1.80. The van der Waals surface area contributed by atoms with Gasteiger partial charge in [-0.15, -0.1) is 11.3 Å². The first-order chi connectivity index (χ1) is 14.2. The summed E-state index contributed by atoms with van der Waals surface area (Å²) < 4.78 is 31.7. The Hall–Kier alpha value is -3.32. The predicted molar refractivity (Wildman–Crippen MR) is 110 cm³/mol. The topological polar surface area (TPSA) is 48.9 Å². The maximum absolute atomic E-state index is 13.2. The third kappa shape index (κ3) is 4.09. The number of ether oxygens (including phenoxy) is 2. The molecule has 4 aromatic rings. The number of hydrogen-bond donors (Lipinski definition) is 0. The Labute approximate surface area is 171 Å². The van der Waals surface area contributed by atoms with Gasteiger partial charge in [-0.1, -0.05) is 6.07 Å². The highest BCUT2D eigenvalue weighted by Gasteiger charge is 2.13. The third-order valence-corrected chi connectivity index (χ3v) is 5.27. The number of nitrogens with zero attached hydrogens (tertiary/aromatic N) is 2. The standard InChI is InChI=1S/C22H19FN2O3S/c1-26-20-10-5-15(12-21(20)27-2)13-25-18(19-4-3-11-28-19)14-29-22(25)24-17-8-6-16(23)7-9-17/h3-12,14H,13H2,1-2H3. The minimum Gasteiger partial charge on any atom is -0.493 e. The summed E-state index contributed by atoms with van der Waals surface area (Å²) in [4.78, 5) is 5.48. The molecule has 0 atom stereocenters. The fourth-order valence-electron chi connectivity index (χ4n) is 2.98. The Morgan fingerprint density at radius 3 is 2.52 bits per heavy atom. The van der Waals surface area contributed by atoms with Gasteiger partial charge in [0.05, 0.1) is 38.4 Å². The SMILES string of the molecule is COc1ccc(Cn2c(-c3ccco3)csc2=Nc2ccc(F)cc2)cc1OC. The molecule has 5 nitrogen and oxygen atoms in total. The Bertz CT molecular complexity index is 1160. The predicted octanol–water partition coefficient (Wildman–Crippen LogP) is 5.25. The molecule has 4 rings (SSSR count). The molecular weight excluding hydrogens is 391 g/mol. The van der Waals surface area contributed by atoms with E-state index >= 15 is 0 Å². The smallest absolute Gasteiger partial charge is 0.190 e. The molecule has 148 valence electrons. The number of halogens is 1. The number of aromatic nitrogens is 1. The molecule has 2 aromatic carbocycles. The largest absolute Gasteiger partial charge is 0.493 e. The van der Waals surface area contributed by atoms with Gasteiger partial charge in [0, 0.05) is 5.38 Å². The Kier molecular flexibility index (Phi) is 5.48. The van der Waals surface area contributed by atoms with Gasteiger partial charge >= 0.3 is 0 Å². The van der Waals surface area contributed by atoms with Crippen LogP contribution in [0, 0.1) is 5.82 Å². The minimum atomic E-state index is -0.287. The lowest BCUT2D eigenvalue weighted by molar-refractivity contribution is 0.354. The number of hydrogen-bond acceptors (Lipinski definition) is 5. The van der Waals surface area contributed by atoms with Crippen LogP contribution in [-0.4, -0.2) is 18.8 Å². The van der Waals surface area contributed by atoms with Crippen LogP contribution >= 0.6 is 11.3 Å². The lowest BCUT2D eigenvalue weighted by atomic mass is 10.2. The Morgan fingerprint density at radius 2 is 1.83 bits per heavy atom. The van der Waals surface area contributed by atoms with E-state index in [2.05, 4.69) is 4.57 Å². The first kappa shape index (κ1) is 19.0. The summed E-state index contributed by atoms with van der Waals surface area (Å²) >= 11 is 1.50. The van der Waals surface area contributed by atoms with Gasteiger partial charge in [0.2, 0.25) is 0 Å². The summed E-state index contributed by atoms with van der Waals surface area (Å²) in [6, 6.07) is 15.7. The van der Waals surface area contributed by atoms with Crippen LogP contribution < -0.4 is 14.3 Å². The van der Waals surface area contributed by atoms with E-state index in [1.807, 2.05) is 35.7 Å². The molecule has 0 radical (unpaired) electrons. The monoisotopic (exact) mass is 410 g/mol. The van der Waals surface area contributed by atoms with Crippen molar-refractivity contribution in [1.29, 1.82) is 0 Å². The first-order valence-electron chi connectivity index (χ1n) is 8.91. The van der Waals surface area contributed by atoms with E-state index in [-0.39, 0.29) is 5.82 Å². The molecule has 0 bridgehead atoms. The number of benzene rings is 2. The second-order valence-electron chi connectivity index (χ2n) is 6.24. The zero-order valence-electron chi connectivity index (χ0n) is 16.0. The number of thiazole rings is 1. The molecule has 0 amide bonds. The molecule has 0 fully saturated rings. The number of furan rings is 1. The molecule has 0 spiro atoms. The normalized spacial score (nSPS) is 11.6. The van der Waals surface area contributed by atoms with E-state index in [9.17, 15) is 4.39 Å². The van der Waals surface area contributed by atoms with Crippen molar-refractivity contribution in [1.82, 2.24) is 4.57 Å². The van der Waals surface area contributed by atoms with Crippen molar-refractivity contribution in [2.24, 2.45) is 4.99 Å². The highest BCUT2D eigenvalue weighted by Crippen LogP contribution is 2.29. The van der Waals surface area contributed by atoms with Gasteiger partial charge in [0.15, 0.2) is 22.1 Å². The minimum absolute atomic E-state index is 0.287.